The van der Waals surface area contributed by atoms with Crippen molar-refractivity contribution >= 4 is 17.4 Å². The first-order chi connectivity index (χ1) is 5.70. The molecule has 0 spiro atoms. The molecule has 1 aliphatic carbocycles. The third-order valence-corrected chi connectivity index (χ3v) is 2.63. The van der Waals surface area contributed by atoms with Crippen LogP contribution in [0.1, 0.15) is 22.8 Å². The van der Waals surface area contributed by atoms with E-state index in [9.17, 15) is 4.79 Å². The van der Waals surface area contributed by atoms with Crippen LogP contribution >= 0.6 is 11.6 Å². The Morgan fingerprint density at radius 3 is 2.92 bits per heavy atom. The maximum Gasteiger partial charge on any atom is 0.167 e. The topological polar surface area (TPSA) is 17.1 Å². The lowest BCUT2D eigenvalue weighted by Gasteiger charge is -1.98. The molecule has 0 aromatic heterocycles. The van der Waals surface area contributed by atoms with Crippen LogP contribution in [0.25, 0.3) is 0 Å². The number of ketones is 1. The van der Waals surface area contributed by atoms with Crippen molar-refractivity contribution in [3.8, 4) is 0 Å². The second-order valence-corrected chi connectivity index (χ2v) is 3.65. The smallest absolute Gasteiger partial charge is 0.167 e. The van der Waals surface area contributed by atoms with Crippen LogP contribution in [0.3, 0.4) is 0 Å². The van der Waals surface area contributed by atoms with E-state index in [1.54, 1.807) is 6.07 Å². The van der Waals surface area contributed by atoms with E-state index >= 15 is 0 Å². The highest BCUT2D eigenvalue weighted by Gasteiger charge is 2.28. The first-order valence-electron chi connectivity index (χ1n) is 4.01. The summed E-state index contributed by atoms with van der Waals surface area (Å²) in [4.78, 5) is 11.5. The Morgan fingerprint density at radius 1 is 1.50 bits per heavy atom. The molecule has 0 aliphatic heterocycles. The minimum Gasteiger partial charge on any atom is -0.294 e. The van der Waals surface area contributed by atoms with Gasteiger partial charge in [-0.3, -0.25) is 4.79 Å². The van der Waals surface area contributed by atoms with Crippen LogP contribution in [0.5, 0.6) is 0 Å². The van der Waals surface area contributed by atoms with E-state index in [4.69, 9.17) is 11.6 Å². The van der Waals surface area contributed by atoms with Gasteiger partial charge in [0.15, 0.2) is 5.78 Å². The molecule has 1 aliphatic rings. The maximum atomic E-state index is 11.5. The number of benzene rings is 1. The Bertz CT molecular complexity index is 344. The summed E-state index contributed by atoms with van der Waals surface area (Å²) in [6.45, 7) is 1.94. The fourth-order valence-electron chi connectivity index (χ4n) is 1.68. The molecule has 62 valence electrons. The molecule has 2 heteroatoms. The van der Waals surface area contributed by atoms with Gasteiger partial charge in [0.25, 0.3) is 0 Å². The van der Waals surface area contributed by atoms with Gasteiger partial charge in [0, 0.05) is 11.5 Å². The number of halogens is 1. The highest BCUT2D eigenvalue weighted by atomic mass is 35.5. The predicted octanol–water partition coefficient (Wildman–Crippen LogP) is 2.71. The van der Waals surface area contributed by atoms with Gasteiger partial charge in [0.2, 0.25) is 0 Å². The monoisotopic (exact) mass is 180 g/mol. The number of fused-ring (bicyclic) bond motifs is 1. The Balaban J connectivity index is 2.62. The van der Waals surface area contributed by atoms with Crippen LogP contribution in [-0.4, -0.2) is 5.78 Å². The van der Waals surface area contributed by atoms with Crippen molar-refractivity contribution in [2.45, 2.75) is 13.3 Å². The SMILES string of the molecule is C[C@@H]1Cc2cccc(Cl)c2C1=O. The Morgan fingerprint density at radius 2 is 2.25 bits per heavy atom. The Kier molecular flexibility index (Phi) is 1.69. The number of carbonyl (C=O) groups is 1. The largest absolute Gasteiger partial charge is 0.294 e. The van der Waals surface area contributed by atoms with Crippen molar-refractivity contribution in [2.75, 3.05) is 0 Å². The van der Waals surface area contributed by atoms with Gasteiger partial charge in [-0.05, 0) is 18.1 Å². The van der Waals surface area contributed by atoms with Crippen molar-refractivity contribution in [2.24, 2.45) is 5.92 Å². The van der Waals surface area contributed by atoms with Crippen molar-refractivity contribution in [1.82, 2.24) is 0 Å². The maximum absolute atomic E-state index is 11.5. The summed E-state index contributed by atoms with van der Waals surface area (Å²) in [6, 6.07) is 5.64. The molecule has 0 unspecified atom stereocenters. The van der Waals surface area contributed by atoms with Crippen LogP contribution in [0.4, 0.5) is 0 Å². The summed E-state index contributed by atoms with van der Waals surface area (Å²) < 4.78 is 0. The molecule has 1 atom stereocenters. The van der Waals surface area contributed by atoms with Gasteiger partial charge in [0.1, 0.15) is 0 Å². The van der Waals surface area contributed by atoms with Gasteiger partial charge in [0.05, 0.1) is 5.02 Å². The Labute approximate surface area is 76.4 Å². The van der Waals surface area contributed by atoms with Crippen LogP contribution in [0.2, 0.25) is 5.02 Å². The lowest BCUT2D eigenvalue weighted by atomic mass is 10.1. The van der Waals surface area contributed by atoms with E-state index in [0.717, 1.165) is 17.5 Å². The van der Waals surface area contributed by atoms with Crippen molar-refractivity contribution in [3.63, 3.8) is 0 Å². The lowest BCUT2D eigenvalue weighted by Crippen LogP contribution is -2.03. The summed E-state index contributed by atoms with van der Waals surface area (Å²) >= 11 is 5.91. The summed E-state index contributed by atoms with van der Waals surface area (Å²) in [5.74, 6) is 0.301. The van der Waals surface area contributed by atoms with E-state index in [-0.39, 0.29) is 11.7 Å². The van der Waals surface area contributed by atoms with E-state index in [0.29, 0.717) is 5.02 Å². The summed E-state index contributed by atoms with van der Waals surface area (Å²) in [7, 11) is 0. The zero-order valence-electron chi connectivity index (χ0n) is 6.80. The number of carbonyl (C=O) groups excluding carboxylic acids is 1. The van der Waals surface area contributed by atoms with E-state index in [1.165, 1.54) is 0 Å². The predicted molar refractivity (Wildman–Crippen MR) is 48.7 cm³/mol. The van der Waals surface area contributed by atoms with Crippen LogP contribution in [0, 0.1) is 5.92 Å². The molecule has 2 rings (SSSR count). The summed E-state index contributed by atoms with van der Waals surface area (Å²) in [5.41, 5.74) is 1.84. The second-order valence-electron chi connectivity index (χ2n) is 3.24. The van der Waals surface area contributed by atoms with Gasteiger partial charge in [-0.1, -0.05) is 30.7 Å². The zero-order valence-corrected chi connectivity index (χ0v) is 7.56. The summed E-state index contributed by atoms with van der Waals surface area (Å²) in [5, 5.41) is 0.599. The molecule has 1 aromatic carbocycles. The molecule has 0 heterocycles. The fraction of sp³-hybridized carbons (Fsp3) is 0.300. The van der Waals surface area contributed by atoms with Crippen molar-refractivity contribution in [3.05, 3.63) is 34.3 Å². The normalized spacial score (nSPS) is 21.2. The second kappa shape index (κ2) is 2.60. The van der Waals surface area contributed by atoms with Gasteiger partial charge in [-0.15, -0.1) is 0 Å². The quantitative estimate of drug-likeness (QED) is 0.600. The standard InChI is InChI=1S/C10H9ClO/c1-6-5-7-3-2-4-8(11)9(7)10(6)12/h2-4,6H,5H2,1H3/t6-/m1/s1. The molecule has 1 nitrogen and oxygen atoms in total. The summed E-state index contributed by atoms with van der Waals surface area (Å²) in [6.07, 6.45) is 0.842. The van der Waals surface area contributed by atoms with Gasteiger partial charge < -0.3 is 0 Å². The van der Waals surface area contributed by atoms with Crippen molar-refractivity contribution in [1.29, 1.82) is 0 Å². The molecule has 0 N–H and O–H groups in total. The molecular weight excluding hydrogens is 172 g/mol. The van der Waals surface area contributed by atoms with Gasteiger partial charge in [-0.25, -0.2) is 0 Å². The zero-order chi connectivity index (χ0) is 8.72. The molecule has 1 aromatic rings. The molecule has 0 bridgehead atoms. The average Bonchev–Trinajstić information content (AvgIpc) is 2.29. The molecule has 12 heavy (non-hydrogen) atoms. The minimum absolute atomic E-state index is 0.111. The lowest BCUT2D eigenvalue weighted by molar-refractivity contribution is 0.0946. The number of hydrogen-bond donors (Lipinski definition) is 0. The van der Waals surface area contributed by atoms with E-state index in [1.807, 2.05) is 19.1 Å². The molecule has 0 saturated heterocycles. The molecule has 0 saturated carbocycles. The first kappa shape index (κ1) is 7.81. The highest BCUT2D eigenvalue weighted by Crippen LogP contribution is 2.31. The first-order valence-corrected chi connectivity index (χ1v) is 4.39. The van der Waals surface area contributed by atoms with Crippen molar-refractivity contribution < 1.29 is 4.79 Å². The average molecular weight is 181 g/mol. The molecule has 0 radical (unpaired) electrons. The number of Topliss-reactive ketones (excluding diaryl/α,β-unsaturated/α-hetero) is 1. The van der Waals surface area contributed by atoms with Gasteiger partial charge >= 0.3 is 0 Å². The third-order valence-electron chi connectivity index (χ3n) is 2.32. The van der Waals surface area contributed by atoms with Gasteiger partial charge in [-0.2, -0.15) is 0 Å². The van der Waals surface area contributed by atoms with E-state index < -0.39 is 0 Å². The molecular formula is C10H9ClO. The molecule has 0 fully saturated rings. The van der Waals surface area contributed by atoms with Crippen LogP contribution in [0.15, 0.2) is 18.2 Å². The number of rotatable bonds is 0. The number of hydrogen-bond acceptors (Lipinski definition) is 1. The van der Waals surface area contributed by atoms with Crippen LogP contribution in [-0.2, 0) is 6.42 Å². The van der Waals surface area contributed by atoms with E-state index in [2.05, 4.69) is 0 Å². The highest BCUT2D eigenvalue weighted by molar-refractivity contribution is 6.34. The fourth-order valence-corrected chi connectivity index (χ4v) is 1.97. The molecule has 0 amide bonds. The third kappa shape index (κ3) is 0.969. The van der Waals surface area contributed by atoms with Crippen LogP contribution < -0.4 is 0 Å². The minimum atomic E-state index is 0.111. The Hall–Kier alpha value is -0.820.